The van der Waals surface area contributed by atoms with Crippen molar-refractivity contribution < 1.29 is 18.6 Å². The van der Waals surface area contributed by atoms with Crippen LogP contribution in [0.2, 0.25) is 0 Å². The number of aliphatic hydroxyl groups is 1. The van der Waals surface area contributed by atoms with E-state index in [-0.39, 0.29) is 5.75 Å². The smallest absolute Gasteiger partial charge is 0.201 e. The number of hydrogen-bond acceptors (Lipinski definition) is 6. The Morgan fingerprint density at radius 1 is 1.26 bits per heavy atom. The molecule has 1 fully saturated rings. The number of aromatic nitrogens is 2. The van der Waals surface area contributed by atoms with Gasteiger partial charge in [0.25, 0.3) is 0 Å². The van der Waals surface area contributed by atoms with Gasteiger partial charge in [0, 0.05) is 48.7 Å². The largest absolute Gasteiger partial charge is 0.483 e. The van der Waals surface area contributed by atoms with Gasteiger partial charge in [-0.1, -0.05) is 20.8 Å². The average molecular weight is 526 g/mol. The molecule has 0 saturated heterocycles. The second-order valence-electron chi connectivity index (χ2n) is 11.1. The Bertz CT molecular complexity index is 1400. The zero-order valence-electron chi connectivity index (χ0n) is 22.9. The summed E-state index contributed by atoms with van der Waals surface area (Å²) in [5, 5.41) is 14.0. The molecule has 38 heavy (non-hydrogen) atoms. The van der Waals surface area contributed by atoms with Crippen LogP contribution in [0.5, 0.6) is 5.75 Å². The van der Waals surface area contributed by atoms with Crippen LogP contribution >= 0.6 is 0 Å². The zero-order valence-corrected chi connectivity index (χ0v) is 22.9. The number of benzene rings is 1. The number of nitrogens with one attached hydrogen (secondary N) is 1. The van der Waals surface area contributed by atoms with E-state index in [4.69, 9.17) is 10.5 Å². The molecule has 2 heterocycles. The number of pyridine rings is 1. The van der Waals surface area contributed by atoms with Crippen molar-refractivity contribution in [3.63, 3.8) is 0 Å². The summed E-state index contributed by atoms with van der Waals surface area (Å²) >= 11 is 0. The highest BCUT2D eigenvalue weighted by molar-refractivity contribution is 5.99. The molecule has 204 valence electrons. The molecule has 1 unspecified atom stereocenters. The molecular formula is C29H37F2N5O2. The van der Waals surface area contributed by atoms with E-state index in [1.807, 2.05) is 57.5 Å². The van der Waals surface area contributed by atoms with Gasteiger partial charge in [-0.2, -0.15) is 4.39 Å². The fraction of sp³-hybridized carbons (Fsp3) is 0.448. The fourth-order valence-corrected chi connectivity index (χ4v) is 4.56. The molecule has 0 radical (unpaired) electrons. The molecule has 1 saturated carbocycles. The van der Waals surface area contributed by atoms with Crippen LogP contribution < -0.4 is 15.8 Å². The monoisotopic (exact) mass is 525 g/mol. The number of nitrogens with zero attached hydrogens (tertiary/aromatic N) is 3. The van der Waals surface area contributed by atoms with E-state index in [1.165, 1.54) is 6.07 Å². The average Bonchev–Trinajstić information content (AvgIpc) is 3.53. The molecule has 0 amide bonds. The first-order valence-corrected chi connectivity index (χ1v) is 12.8. The Hall–Kier alpha value is -3.30. The van der Waals surface area contributed by atoms with Crippen LogP contribution in [-0.2, 0) is 6.54 Å². The summed E-state index contributed by atoms with van der Waals surface area (Å²) in [6.07, 6.45) is 4.31. The van der Waals surface area contributed by atoms with Gasteiger partial charge < -0.3 is 25.3 Å². The molecule has 1 aliphatic rings. The van der Waals surface area contributed by atoms with Gasteiger partial charge in [-0.25, -0.2) is 9.37 Å². The summed E-state index contributed by atoms with van der Waals surface area (Å²) in [4.78, 5) is 8.71. The Kier molecular flexibility index (Phi) is 7.63. The lowest BCUT2D eigenvalue weighted by atomic mass is 9.84. The quantitative estimate of drug-likeness (QED) is 0.341. The van der Waals surface area contributed by atoms with Crippen LogP contribution in [0.15, 0.2) is 52.9 Å². The van der Waals surface area contributed by atoms with E-state index < -0.39 is 28.8 Å². The van der Waals surface area contributed by atoms with Gasteiger partial charge in [-0.05, 0) is 62.1 Å². The van der Waals surface area contributed by atoms with Crippen molar-refractivity contribution in [1.29, 1.82) is 0 Å². The van der Waals surface area contributed by atoms with E-state index in [2.05, 4.69) is 15.3 Å². The normalized spacial score (nSPS) is 16.9. The van der Waals surface area contributed by atoms with E-state index in [0.29, 0.717) is 53.9 Å². The molecule has 2 aromatic heterocycles. The van der Waals surface area contributed by atoms with Gasteiger partial charge in [0.15, 0.2) is 11.6 Å². The van der Waals surface area contributed by atoms with Gasteiger partial charge >= 0.3 is 0 Å². The molecule has 9 heteroatoms. The van der Waals surface area contributed by atoms with E-state index in [1.54, 1.807) is 13.2 Å². The molecular weight excluding hydrogens is 488 g/mol. The molecule has 4 rings (SSSR count). The minimum atomic E-state index is -1.04. The van der Waals surface area contributed by atoms with Crippen LogP contribution in [0, 0.1) is 17.0 Å². The fourth-order valence-electron chi connectivity index (χ4n) is 4.56. The van der Waals surface area contributed by atoms with Gasteiger partial charge in [0.1, 0.15) is 11.2 Å². The summed E-state index contributed by atoms with van der Waals surface area (Å²) in [6, 6.07) is 6.30. The van der Waals surface area contributed by atoms with Crippen molar-refractivity contribution in [2.24, 2.45) is 16.1 Å². The summed E-state index contributed by atoms with van der Waals surface area (Å²) in [5.41, 5.74) is 9.63. The summed E-state index contributed by atoms with van der Waals surface area (Å²) in [5.74, 6) is -2.16. The van der Waals surface area contributed by atoms with Crippen molar-refractivity contribution in [3.8, 4) is 16.9 Å². The second kappa shape index (κ2) is 10.5. The lowest BCUT2D eigenvalue weighted by Gasteiger charge is -2.29. The minimum Gasteiger partial charge on any atom is -0.483 e. The first-order chi connectivity index (χ1) is 17.9. The third-order valence-electron chi connectivity index (χ3n) is 7.16. The predicted octanol–water partition coefficient (Wildman–Crippen LogP) is 5.01. The molecule has 1 aliphatic carbocycles. The maximum absolute atomic E-state index is 15.3. The second-order valence-corrected chi connectivity index (χ2v) is 11.1. The van der Waals surface area contributed by atoms with Crippen molar-refractivity contribution in [2.45, 2.75) is 65.2 Å². The van der Waals surface area contributed by atoms with Gasteiger partial charge in [-0.15, -0.1) is 0 Å². The maximum Gasteiger partial charge on any atom is 0.201 e. The molecule has 0 spiro atoms. The van der Waals surface area contributed by atoms with Gasteiger partial charge in [0.2, 0.25) is 5.82 Å². The Labute approximate surface area is 222 Å². The van der Waals surface area contributed by atoms with Crippen LogP contribution in [0.1, 0.15) is 52.7 Å². The standard InChI is InChI=1S/C29H37F2N5O2/c1-17(34-6)21(25(32)27(37)28(2,3)4)13-29(11-12-29)38-26-20(8-9-22(30)24(26)31)18-7-10-23-35-15-19(14-33-5)36(23)16-18/h7-10,15-16,27,33,37H,11-14,32H2,1-6H3/b25-21-,34-17?. The number of fused-ring (bicyclic) bond motifs is 1. The van der Waals surface area contributed by atoms with Crippen molar-refractivity contribution in [3.05, 3.63) is 65.3 Å². The van der Waals surface area contributed by atoms with Gasteiger partial charge in [0.05, 0.1) is 18.0 Å². The van der Waals surface area contributed by atoms with E-state index in [9.17, 15) is 9.50 Å². The number of ether oxygens (including phenoxy) is 1. The lowest BCUT2D eigenvalue weighted by Crippen LogP contribution is -2.35. The van der Waals surface area contributed by atoms with Crippen molar-refractivity contribution in [2.75, 3.05) is 14.1 Å². The third kappa shape index (κ3) is 5.44. The number of hydrogen-bond donors (Lipinski definition) is 3. The first kappa shape index (κ1) is 27.7. The molecule has 4 N–H and O–H groups in total. The zero-order chi connectivity index (χ0) is 27.8. The summed E-state index contributed by atoms with van der Waals surface area (Å²) in [7, 11) is 3.51. The maximum atomic E-state index is 15.3. The number of halogens is 2. The highest BCUT2D eigenvalue weighted by atomic mass is 19.2. The highest BCUT2D eigenvalue weighted by Crippen LogP contribution is 2.49. The Balaban J connectivity index is 1.75. The molecule has 1 atom stereocenters. The van der Waals surface area contributed by atoms with Crippen molar-refractivity contribution >= 4 is 11.4 Å². The van der Waals surface area contributed by atoms with Crippen LogP contribution in [0.25, 0.3) is 16.8 Å². The molecule has 0 aliphatic heterocycles. The molecule has 0 bridgehead atoms. The van der Waals surface area contributed by atoms with Crippen LogP contribution in [0.3, 0.4) is 0 Å². The number of imidazole rings is 1. The third-order valence-corrected chi connectivity index (χ3v) is 7.16. The van der Waals surface area contributed by atoms with Crippen molar-refractivity contribution in [1.82, 2.24) is 14.7 Å². The topological polar surface area (TPSA) is 97.2 Å². The van der Waals surface area contributed by atoms with Crippen LogP contribution in [-0.4, -0.2) is 46.0 Å². The molecule has 3 aromatic rings. The summed E-state index contributed by atoms with van der Waals surface area (Å²) in [6.45, 7) is 8.13. The molecule has 1 aromatic carbocycles. The van der Waals surface area contributed by atoms with Gasteiger partial charge in [-0.3, -0.25) is 4.99 Å². The molecule has 7 nitrogen and oxygen atoms in total. The lowest BCUT2D eigenvalue weighted by molar-refractivity contribution is 0.0918. The van der Waals surface area contributed by atoms with E-state index in [0.717, 1.165) is 17.4 Å². The number of aliphatic imine (C=N–C) groups is 1. The highest BCUT2D eigenvalue weighted by Gasteiger charge is 2.48. The van der Waals surface area contributed by atoms with E-state index >= 15 is 4.39 Å². The number of nitrogens with two attached hydrogens (primary N) is 1. The van der Waals surface area contributed by atoms with Crippen LogP contribution in [0.4, 0.5) is 8.78 Å². The number of rotatable bonds is 9. The predicted molar refractivity (Wildman–Crippen MR) is 146 cm³/mol. The Morgan fingerprint density at radius 3 is 2.58 bits per heavy atom. The minimum absolute atomic E-state index is 0.141. The Morgan fingerprint density at radius 2 is 1.97 bits per heavy atom. The SMILES string of the molecule is CN=C(C)/C(CC1(Oc2c(-c3ccc4ncc(CNC)n4c3)ccc(F)c2F)CC1)=C(\N)C(O)C(C)(C)C. The number of aliphatic hydroxyl groups excluding tert-OH is 1. The first-order valence-electron chi connectivity index (χ1n) is 12.8. The summed E-state index contributed by atoms with van der Waals surface area (Å²) < 4.78 is 38.1.